The molecule has 2 fully saturated rings. The van der Waals surface area contributed by atoms with Crippen molar-refractivity contribution >= 4 is 0 Å². The molecule has 1 saturated heterocycles. The maximum Gasteiger partial charge on any atom is 0.123 e. The van der Waals surface area contributed by atoms with Crippen LogP contribution in [0.4, 0.5) is 0 Å². The van der Waals surface area contributed by atoms with Gasteiger partial charge in [0.05, 0.1) is 0 Å². The molecule has 1 aromatic carbocycles. The predicted octanol–water partition coefficient (Wildman–Crippen LogP) is 2.06. The molecule has 3 N–H and O–H groups in total. The second-order valence-corrected chi connectivity index (χ2v) is 6.24. The summed E-state index contributed by atoms with van der Waals surface area (Å²) in [7, 11) is 0. The lowest BCUT2D eigenvalue weighted by Gasteiger charge is -2.26. The van der Waals surface area contributed by atoms with Crippen LogP contribution in [0.25, 0.3) is 0 Å². The Balaban J connectivity index is 1.64. The van der Waals surface area contributed by atoms with Gasteiger partial charge >= 0.3 is 0 Å². The monoisotopic (exact) mass is 276 g/mol. The van der Waals surface area contributed by atoms with E-state index in [2.05, 4.69) is 10.2 Å². The fraction of sp³-hybridized carbons (Fsp3) is 0.625. The summed E-state index contributed by atoms with van der Waals surface area (Å²) >= 11 is 0. The molecule has 0 amide bonds. The lowest BCUT2D eigenvalue weighted by molar-refractivity contribution is 0.229. The molecule has 1 heterocycles. The molecular formula is C16H24N2O2. The highest BCUT2D eigenvalue weighted by molar-refractivity contribution is 5.38. The molecule has 0 radical (unpaired) electrons. The van der Waals surface area contributed by atoms with Crippen molar-refractivity contribution in [2.75, 3.05) is 19.6 Å². The van der Waals surface area contributed by atoms with Crippen molar-refractivity contribution < 1.29 is 10.2 Å². The molecule has 110 valence electrons. The van der Waals surface area contributed by atoms with E-state index < -0.39 is 0 Å². The van der Waals surface area contributed by atoms with Crippen molar-refractivity contribution in [2.45, 2.75) is 38.3 Å². The van der Waals surface area contributed by atoms with Gasteiger partial charge in [0, 0.05) is 37.3 Å². The highest BCUT2D eigenvalue weighted by Gasteiger charge is 2.26. The molecule has 1 aromatic rings. The van der Waals surface area contributed by atoms with Crippen LogP contribution < -0.4 is 5.32 Å². The van der Waals surface area contributed by atoms with E-state index in [9.17, 15) is 10.2 Å². The number of benzene rings is 1. The molecule has 0 bridgehead atoms. The third-order valence-electron chi connectivity index (χ3n) is 4.32. The molecule has 1 aliphatic carbocycles. The molecule has 0 spiro atoms. The topological polar surface area (TPSA) is 55.7 Å². The Hall–Kier alpha value is -1.26. The fourth-order valence-electron chi connectivity index (χ4n) is 3.02. The quantitative estimate of drug-likeness (QED) is 0.744. The van der Waals surface area contributed by atoms with Gasteiger partial charge in [-0.1, -0.05) is 6.07 Å². The van der Waals surface area contributed by atoms with E-state index in [0.717, 1.165) is 37.7 Å². The third kappa shape index (κ3) is 3.64. The van der Waals surface area contributed by atoms with E-state index in [0.29, 0.717) is 6.04 Å². The van der Waals surface area contributed by atoms with Gasteiger partial charge in [-0.3, -0.25) is 4.90 Å². The van der Waals surface area contributed by atoms with Crippen LogP contribution in [0.15, 0.2) is 18.2 Å². The van der Waals surface area contributed by atoms with Crippen molar-refractivity contribution in [3.63, 3.8) is 0 Å². The Bertz CT molecular complexity index is 454. The summed E-state index contributed by atoms with van der Waals surface area (Å²) < 4.78 is 0. The maximum absolute atomic E-state index is 9.95. The zero-order valence-electron chi connectivity index (χ0n) is 11.9. The fourth-order valence-corrected chi connectivity index (χ4v) is 3.02. The summed E-state index contributed by atoms with van der Waals surface area (Å²) in [6, 6.07) is 5.50. The van der Waals surface area contributed by atoms with Crippen LogP contribution in [-0.4, -0.2) is 40.8 Å². The number of rotatable bonds is 6. The van der Waals surface area contributed by atoms with Crippen LogP contribution in [0.3, 0.4) is 0 Å². The third-order valence-corrected chi connectivity index (χ3v) is 4.32. The molecule has 3 rings (SSSR count). The highest BCUT2D eigenvalue weighted by atomic mass is 16.3. The molecular weight excluding hydrogens is 252 g/mol. The minimum Gasteiger partial charge on any atom is -0.508 e. The summed E-state index contributed by atoms with van der Waals surface area (Å²) in [6.45, 7) is 4.07. The second kappa shape index (κ2) is 6.02. The van der Waals surface area contributed by atoms with Gasteiger partial charge in [-0.25, -0.2) is 0 Å². The molecule has 4 heteroatoms. The Morgan fingerprint density at radius 3 is 2.65 bits per heavy atom. The predicted molar refractivity (Wildman–Crippen MR) is 78.8 cm³/mol. The van der Waals surface area contributed by atoms with E-state index in [1.165, 1.54) is 31.7 Å². The van der Waals surface area contributed by atoms with Crippen LogP contribution in [0, 0.1) is 5.92 Å². The van der Waals surface area contributed by atoms with Gasteiger partial charge in [-0.15, -0.1) is 0 Å². The number of nitrogens with one attached hydrogen (secondary N) is 1. The summed E-state index contributed by atoms with van der Waals surface area (Å²) in [4.78, 5) is 2.45. The van der Waals surface area contributed by atoms with Crippen molar-refractivity contribution in [1.29, 1.82) is 0 Å². The van der Waals surface area contributed by atoms with Gasteiger partial charge in [0.25, 0.3) is 0 Å². The molecule has 1 aliphatic heterocycles. The number of hydrogen-bond acceptors (Lipinski definition) is 4. The van der Waals surface area contributed by atoms with E-state index >= 15 is 0 Å². The van der Waals surface area contributed by atoms with Gasteiger partial charge in [-0.05, 0) is 44.2 Å². The van der Waals surface area contributed by atoms with Crippen LogP contribution in [0.5, 0.6) is 11.5 Å². The van der Waals surface area contributed by atoms with Crippen molar-refractivity contribution in [3.8, 4) is 11.5 Å². The first kappa shape index (κ1) is 13.7. The molecule has 2 aliphatic rings. The zero-order valence-corrected chi connectivity index (χ0v) is 11.9. The number of phenolic OH excluding ortho intramolecular Hbond substituents is 2. The lowest BCUT2D eigenvalue weighted by atomic mass is 10.1. The number of hydrogen-bond donors (Lipinski definition) is 3. The van der Waals surface area contributed by atoms with Gasteiger partial charge in [0.15, 0.2) is 0 Å². The first-order valence-electron chi connectivity index (χ1n) is 7.67. The summed E-state index contributed by atoms with van der Waals surface area (Å²) in [6.07, 6.45) is 5.21. The summed E-state index contributed by atoms with van der Waals surface area (Å²) in [5.41, 5.74) is 0.904. The zero-order chi connectivity index (χ0) is 13.9. The largest absolute Gasteiger partial charge is 0.508 e. The smallest absolute Gasteiger partial charge is 0.123 e. The van der Waals surface area contributed by atoms with E-state index in [4.69, 9.17) is 0 Å². The minimum absolute atomic E-state index is 0.123. The molecule has 1 saturated carbocycles. The molecule has 4 nitrogen and oxygen atoms in total. The first-order chi connectivity index (χ1) is 9.70. The summed E-state index contributed by atoms with van der Waals surface area (Å²) in [5.74, 6) is 1.17. The Morgan fingerprint density at radius 1 is 1.15 bits per heavy atom. The van der Waals surface area contributed by atoms with Crippen LogP contribution >= 0.6 is 0 Å². The Kier molecular flexibility index (Phi) is 4.13. The minimum atomic E-state index is 0.123. The summed E-state index contributed by atoms with van der Waals surface area (Å²) in [5, 5.41) is 22.9. The maximum atomic E-state index is 9.95. The van der Waals surface area contributed by atoms with Crippen LogP contribution in [0.2, 0.25) is 0 Å². The Morgan fingerprint density at radius 2 is 2.00 bits per heavy atom. The van der Waals surface area contributed by atoms with Gasteiger partial charge < -0.3 is 15.5 Å². The van der Waals surface area contributed by atoms with E-state index in [1.807, 2.05) is 6.07 Å². The molecule has 20 heavy (non-hydrogen) atoms. The van der Waals surface area contributed by atoms with Gasteiger partial charge in [-0.2, -0.15) is 0 Å². The standard InChI is InChI=1S/C16H24N2O2/c19-15-6-5-13(16(20)8-15)10-18(9-12-3-4-12)11-14-2-1-7-17-14/h5-6,8,12,14,17,19-20H,1-4,7,9-11H2. The van der Waals surface area contributed by atoms with Crippen LogP contribution in [-0.2, 0) is 6.54 Å². The molecule has 0 aromatic heterocycles. The van der Waals surface area contributed by atoms with Crippen LogP contribution in [0.1, 0.15) is 31.2 Å². The average Bonchev–Trinajstić information content (AvgIpc) is 3.07. The van der Waals surface area contributed by atoms with E-state index in [1.54, 1.807) is 6.07 Å². The van der Waals surface area contributed by atoms with Crippen molar-refractivity contribution in [3.05, 3.63) is 23.8 Å². The first-order valence-corrected chi connectivity index (χ1v) is 7.67. The number of phenols is 2. The molecule has 1 unspecified atom stereocenters. The van der Waals surface area contributed by atoms with Gasteiger partial charge in [0.2, 0.25) is 0 Å². The normalized spacial score (nSPS) is 22.6. The lowest BCUT2D eigenvalue weighted by Crippen LogP contribution is -2.38. The average molecular weight is 276 g/mol. The SMILES string of the molecule is Oc1ccc(CN(CC2CC2)CC2CCCN2)c(O)c1. The number of nitrogens with zero attached hydrogens (tertiary/aromatic N) is 1. The van der Waals surface area contributed by atoms with E-state index in [-0.39, 0.29) is 11.5 Å². The van der Waals surface area contributed by atoms with Gasteiger partial charge in [0.1, 0.15) is 11.5 Å². The van der Waals surface area contributed by atoms with Crippen molar-refractivity contribution in [2.24, 2.45) is 5.92 Å². The van der Waals surface area contributed by atoms with Crippen molar-refractivity contribution in [1.82, 2.24) is 10.2 Å². The molecule has 1 atom stereocenters. The highest BCUT2D eigenvalue weighted by Crippen LogP contribution is 2.31. The second-order valence-electron chi connectivity index (χ2n) is 6.24. The number of aromatic hydroxyl groups is 2. The Labute approximate surface area is 120 Å².